The van der Waals surface area contributed by atoms with Crippen molar-refractivity contribution in [2.24, 2.45) is 0 Å². The third-order valence-corrected chi connectivity index (χ3v) is 0.438. The van der Waals surface area contributed by atoms with Crippen molar-refractivity contribution >= 4 is 0 Å². The number of aromatic amines is 2. The molecule has 11 nitrogen and oxygen atoms in total. The largest absolute Gasteiger partial charge is 1.00 e. The Morgan fingerprint density at radius 3 is 1.00 bits per heavy atom. The molecule has 0 radical (unpaired) electrons. The summed E-state index contributed by atoms with van der Waals surface area (Å²) < 4.78 is 0. The fourth-order valence-electron chi connectivity index (χ4n) is 0.200. The van der Waals surface area contributed by atoms with Gasteiger partial charge in [-0.2, -0.15) is 10.4 Å². The predicted molar refractivity (Wildman–Crippen MR) is 30.1 cm³/mol. The number of hydrogen-bond donors (Lipinski definition) is 3. The van der Waals surface area contributed by atoms with E-state index in [-0.39, 0.29) is 37.1 Å². The van der Waals surface area contributed by atoms with Crippen molar-refractivity contribution < 1.29 is 31.0 Å². The topological polar surface area (TPSA) is 170 Å². The van der Waals surface area contributed by atoms with Crippen LogP contribution in [-0.2, 0) is 0 Å². The molecule has 12 heavy (non-hydrogen) atoms. The molecule has 2 aromatic rings. The molecule has 0 unspecified atom stereocenters. The maximum absolute atomic E-state index is 3.12. The van der Waals surface area contributed by atoms with Gasteiger partial charge in [-0.1, -0.05) is 0 Å². The van der Waals surface area contributed by atoms with Crippen molar-refractivity contribution in [2.75, 3.05) is 0 Å². The Morgan fingerprint density at radius 2 is 0.917 bits per heavy atom. The van der Waals surface area contributed by atoms with Crippen LogP contribution in [0.25, 0.3) is 0 Å². The molecule has 0 atom stereocenters. The minimum absolute atomic E-state index is 0. The second-order valence-corrected chi connectivity index (χ2v) is 0.958. The molecule has 5 N–H and O–H groups in total. The van der Waals surface area contributed by atoms with Crippen LogP contribution in [-0.4, -0.2) is 52.1 Å². The van der Waals surface area contributed by atoms with Crippen LogP contribution in [0.5, 0.6) is 0 Å². The number of nitrogens with zero attached hydrogens (tertiary/aromatic N) is 8. The summed E-state index contributed by atoms with van der Waals surface area (Å²) in [6.07, 6.45) is 0. The number of hydrogen-bond acceptors (Lipinski definition) is 9. The van der Waals surface area contributed by atoms with Gasteiger partial charge in [-0.15, -0.1) is 0 Å². The maximum atomic E-state index is 3.12. The van der Waals surface area contributed by atoms with Crippen LogP contribution in [0.15, 0.2) is 0 Å². The van der Waals surface area contributed by atoms with Gasteiger partial charge < -0.3 is 7.58 Å². The summed E-state index contributed by atoms with van der Waals surface area (Å²) in [5, 5.41) is 29.0. The molecule has 2 aromatic heterocycles. The zero-order chi connectivity index (χ0) is 7.07. The Hall–Kier alpha value is -1.04. The first-order valence-electron chi connectivity index (χ1n) is 2.09. The fourth-order valence-corrected chi connectivity index (χ4v) is 0.200. The van der Waals surface area contributed by atoms with E-state index in [1.165, 1.54) is 0 Å². The monoisotopic (exact) mass is 183 g/mol. The van der Waals surface area contributed by atoms with Crippen molar-refractivity contribution in [3.63, 3.8) is 0 Å². The first kappa shape index (κ1) is 13.5. The molecule has 0 aliphatic rings. The standard InChI is InChI=1S/2HN5.H3N.Na.H/c2*1-2-4-5-3-1;;;/h2*(H,1,2,3,4,5);1H3;;/q;;;+1;-1. The molecule has 0 aromatic carbocycles. The summed E-state index contributed by atoms with van der Waals surface area (Å²) in [5.74, 6) is 0. The van der Waals surface area contributed by atoms with Gasteiger partial charge in [0.1, 0.15) is 0 Å². The van der Waals surface area contributed by atoms with E-state index in [0.29, 0.717) is 0 Å². The summed E-state index contributed by atoms with van der Waals surface area (Å²) in [5.41, 5.74) is 0. The molecular weight excluding hydrogens is 177 g/mol. The van der Waals surface area contributed by atoms with E-state index in [0.717, 1.165) is 0 Å². The molecule has 0 aliphatic carbocycles. The number of nitrogens with one attached hydrogen (secondary N) is 2. The molecule has 0 bridgehead atoms. The second kappa shape index (κ2) is 9.96. The van der Waals surface area contributed by atoms with E-state index in [4.69, 9.17) is 0 Å². The molecule has 0 fully saturated rings. The van der Waals surface area contributed by atoms with Crippen molar-refractivity contribution in [2.45, 2.75) is 0 Å². The molecule has 0 spiro atoms. The zero-order valence-corrected chi connectivity index (χ0v) is 8.28. The van der Waals surface area contributed by atoms with Crippen LogP contribution in [0.4, 0.5) is 0 Å². The number of rotatable bonds is 0. The normalized spacial score (nSPS) is 6.67. The fraction of sp³-hybridized carbons (Fsp3) is 0. The third-order valence-electron chi connectivity index (χ3n) is 0.438. The molecule has 62 valence electrons. The van der Waals surface area contributed by atoms with Gasteiger partial charge in [-0.25, -0.2) is 0 Å². The molecule has 0 saturated carbocycles. The van der Waals surface area contributed by atoms with Gasteiger partial charge in [-0.3, -0.25) is 0 Å². The van der Waals surface area contributed by atoms with Crippen LogP contribution in [0.3, 0.4) is 0 Å². The van der Waals surface area contributed by atoms with E-state index in [2.05, 4.69) is 52.1 Å². The first-order chi connectivity index (χ1) is 5.00. The maximum Gasteiger partial charge on any atom is 1.00 e. The quantitative estimate of drug-likeness (QED) is 0.337. The molecule has 0 aliphatic heterocycles. The smallest absolute Gasteiger partial charge is 1.00 e. The Labute approximate surface area is 89.4 Å². The van der Waals surface area contributed by atoms with Gasteiger partial charge >= 0.3 is 29.6 Å². The molecule has 0 saturated heterocycles. The molecule has 2 heterocycles. The van der Waals surface area contributed by atoms with E-state index in [1.54, 1.807) is 0 Å². The molecule has 2 rings (SSSR count). The van der Waals surface area contributed by atoms with E-state index in [1.807, 2.05) is 0 Å². The van der Waals surface area contributed by atoms with E-state index >= 15 is 0 Å². The average Bonchev–Trinajstić information content (AvgIpc) is 2.67. The summed E-state index contributed by atoms with van der Waals surface area (Å²) in [6.45, 7) is 0. The van der Waals surface area contributed by atoms with E-state index in [9.17, 15) is 0 Å². The van der Waals surface area contributed by atoms with Gasteiger partial charge in [0.2, 0.25) is 0 Å². The number of aromatic nitrogens is 10. The van der Waals surface area contributed by atoms with Crippen LogP contribution < -0.4 is 35.7 Å². The van der Waals surface area contributed by atoms with E-state index < -0.39 is 0 Å². The predicted octanol–water partition coefficient (Wildman–Crippen LogP) is -5.53. The minimum atomic E-state index is 0. The Morgan fingerprint density at radius 1 is 0.667 bits per heavy atom. The Balaban J connectivity index is -0.000000125. The summed E-state index contributed by atoms with van der Waals surface area (Å²) in [4.78, 5) is 0. The number of H-pyrrole nitrogens is 2. The van der Waals surface area contributed by atoms with Crippen molar-refractivity contribution in [3.05, 3.63) is 0 Å². The SMILES string of the molecule is N.[H-].[Na+].n1nn[nH]n1.n1nn[nH]n1. The zero-order valence-electron chi connectivity index (χ0n) is 7.28. The minimum Gasteiger partial charge on any atom is -1.00 e. The van der Waals surface area contributed by atoms with Crippen LogP contribution >= 0.6 is 0 Å². The summed E-state index contributed by atoms with van der Waals surface area (Å²) >= 11 is 0. The third kappa shape index (κ3) is 7.07. The van der Waals surface area contributed by atoms with Gasteiger partial charge in [-0.05, 0) is 41.7 Å². The van der Waals surface area contributed by atoms with Gasteiger partial charge in [0, 0.05) is 0 Å². The van der Waals surface area contributed by atoms with Gasteiger partial charge in [0.05, 0.1) is 0 Å². The summed E-state index contributed by atoms with van der Waals surface area (Å²) in [6, 6.07) is 0. The molecule has 12 heteroatoms. The van der Waals surface area contributed by atoms with Gasteiger partial charge in [0.15, 0.2) is 0 Å². The molecular formula is H6N11Na. The van der Waals surface area contributed by atoms with Crippen molar-refractivity contribution in [3.8, 4) is 0 Å². The Kier molecular flexibility index (Phi) is 11.2. The van der Waals surface area contributed by atoms with Crippen LogP contribution in [0.2, 0.25) is 0 Å². The van der Waals surface area contributed by atoms with Crippen molar-refractivity contribution in [1.29, 1.82) is 0 Å². The van der Waals surface area contributed by atoms with Crippen LogP contribution in [0.1, 0.15) is 1.43 Å². The first-order valence-corrected chi connectivity index (χ1v) is 2.09. The van der Waals surface area contributed by atoms with Crippen LogP contribution in [0, 0.1) is 0 Å². The summed E-state index contributed by atoms with van der Waals surface area (Å²) in [7, 11) is 0. The average molecular weight is 183 g/mol. The van der Waals surface area contributed by atoms with Crippen molar-refractivity contribution in [1.82, 2.24) is 58.3 Å². The molecule has 0 amide bonds. The second-order valence-electron chi connectivity index (χ2n) is 0.958. The van der Waals surface area contributed by atoms with Gasteiger partial charge in [0.25, 0.3) is 0 Å². The Bertz CT molecular complexity index is 149.